The van der Waals surface area contributed by atoms with Crippen molar-refractivity contribution in [3.63, 3.8) is 0 Å². The lowest BCUT2D eigenvalue weighted by Crippen LogP contribution is -2.15. The van der Waals surface area contributed by atoms with Gasteiger partial charge in [0.1, 0.15) is 6.10 Å². The molecule has 2 aromatic rings. The summed E-state index contributed by atoms with van der Waals surface area (Å²) in [6.07, 6.45) is -0.184. The number of hydrogen-bond acceptors (Lipinski definition) is 3. The number of esters is 1. The van der Waals surface area contributed by atoms with E-state index < -0.39 is 6.10 Å². The van der Waals surface area contributed by atoms with Gasteiger partial charge in [-0.25, -0.2) is 0 Å². The second-order valence-corrected chi connectivity index (χ2v) is 5.05. The molecular weight excluding hydrogens is 252 g/mol. The molecule has 0 aliphatic heterocycles. The van der Waals surface area contributed by atoms with Gasteiger partial charge in [-0.05, 0) is 35.7 Å². The van der Waals surface area contributed by atoms with E-state index in [0.717, 1.165) is 10.9 Å². The standard InChI is InChI=1S/C17H20O3/c1-3-16(20-17(19)10-12(2)18)15-9-8-13-6-4-5-7-14(13)11-15/h4-9,11-12,16,18H,3,10H2,1-2H3. The zero-order valence-electron chi connectivity index (χ0n) is 11.9. The van der Waals surface area contributed by atoms with Crippen LogP contribution in [-0.4, -0.2) is 17.2 Å². The fourth-order valence-electron chi connectivity index (χ4n) is 2.24. The highest BCUT2D eigenvalue weighted by molar-refractivity contribution is 5.83. The summed E-state index contributed by atoms with van der Waals surface area (Å²) in [7, 11) is 0. The average Bonchev–Trinajstić information content (AvgIpc) is 2.43. The second-order valence-electron chi connectivity index (χ2n) is 5.05. The van der Waals surface area contributed by atoms with E-state index in [1.165, 1.54) is 5.39 Å². The van der Waals surface area contributed by atoms with Crippen molar-refractivity contribution >= 4 is 16.7 Å². The summed E-state index contributed by atoms with van der Waals surface area (Å²) >= 11 is 0. The number of rotatable bonds is 5. The largest absolute Gasteiger partial charge is 0.457 e. The summed E-state index contributed by atoms with van der Waals surface area (Å²) in [5, 5.41) is 11.5. The molecule has 0 aliphatic rings. The van der Waals surface area contributed by atoms with E-state index in [4.69, 9.17) is 4.74 Å². The van der Waals surface area contributed by atoms with Gasteiger partial charge < -0.3 is 9.84 Å². The Labute approximate surface area is 119 Å². The van der Waals surface area contributed by atoms with Crippen molar-refractivity contribution in [1.82, 2.24) is 0 Å². The van der Waals surface area contributed by atoms with Gasteiger partial charge in [-0.1, -0.05) is 43.3 Å². The Kier molecular flexibility index (Phi) is 4.74. The van der Waals surface area contributed by atoms with Crippen LogP contribution in [0.15, 0.2) is 42.5 Å². The van der Waals surface area contributed by atoms with Crippen LogP contribution in [0.2, 0.25) is 0 Å². The second kappa shape index (κ2) is 6.53. The third-order valence-electron chi connectivity index (χ3n) is 3.25. The molecule has 0 heterocycles. The van der Waals surface area contributed by atoms with Crippen molar-refractivity contribution in [3.05, 3.63) is 48.0 Å². The maximum Gasteiger partial charge on any atom is 0.309 e. The van der Waals surface area contributed by atoms with E-state index in [0.29, 0.717) is 6.42 Å². The van der Waals surface area contributed by atoms with Crippen LogP contribution in [0, 0.1) is 0 Å². The van der Waals surface area contributed by atoms with Gasteiger partial charge in [0.25, 0.3) is 0 Å². The van der Waals surface area contributed by atoms with Crippen molar-refractivity contribution in [2.75, 3.05) is 0 Å². The van der Waals surface area contributed by atoms with Gasteiger partial charge in [-0.3, -0.25) is 4.79 Å². The fraction of sp³-hybridized carbons (Fsp3) is 0.353. The molecule has 3 heteroatoms. The van der Waals surface area contributed by atoms with E-state index in [9.17, 15) is 9.90 Å². The van der Waals surface area contributed by atoms with Crippen LogP contribution in [0.3, 0.4) is 0 Å². The molecule has 2 atom stereocenters. The van der Waals surface area contributed by atoms with Gasteiger partial charge in [0.15, 0.2) is 0 Å². The summed E-state index contributed by atoms with van der Waals surface area (Å²) < 4.78 is 5.45. The van der Waals surface area contributed by atoms with Crippen molar-refractivity contribution in [1.29, 1.82) is 0 Å². The summed E-state index contributed by atoms with van der Waals surface area (Å²) in [5.41, 5.74) is 0.991. The monoisotopic (exact) mass is 272 g/mol. The molecule has 0 fully saturated rings. The molecule has 0 radical (unpaired) electrons. The predicted molar refractivity (Wildman–Crippen MR) is 79.4 cm³/mol. The van der Waals surface area contributed by atoms with E-state index >= 15 is 0 Å². The first-order chi connectivity index (χ1) is 9.60. The van der Waals surface area contributed by atoms with E-state index in [1.54, 1.807) is 6.92 Å². The molecule has 2 rings (SSSR count). The Morgan fingerprint density at radius 3 is 2.55 bits per heavy atom. The molecule has 0 aliphatic carbocycles. The predicted octanol–water partition coefficient (Wildman–Crippen LogP) is 3.61. The van der Waals surface area contributed by atoms with E-state index in [2.05, 4.69) is 12.1 Å². The topological polar surface area (TPSA) is 46.5 Å². The number of benzene rings is 2. The Hall–Kier alpha value is -1.87. The van der Waals surface area contributed by atoms with Gasteiger partial charge in [0.05, 0.1) is 12.5 Å². The van der Waals surface area contributed by atoms with Gasteiger partial charge in [0.2, 0.25) is 0 Å². The SMILES string of the molecule is CCC(OC(=O)CC(C)O)c1ccc2ccccc2c1. The first-order valence-electron chi connectivity index (χ1n) is 6.96. The summed E-state index contributed by atoms with van der Waals surface area (Å²) in [6, 6.07) is 14.2. The van der Waals surface area contributed by atoms with Crippen LogP contribution in [-0.2, 0) is 9.53 Å². The van der Waals surface area contributed by atoms with E-state index in [-0.39, 0.29) is 18.5 Å². The molecule has 20 heavy (non-hydrogen) atoms. The van der Waals surface area contributed by atoms with Crippen LogP contribution in [0.1, 0.15) is 38.4 Å². The maximum atomic E-state index is 11.7. The first kappa shape index (κ1) is 14.5. The van der Waals surface area contributed by atoms with Gasteiger partial charge >= 0.3 is 5.97 Å². The lowest BCUT2D eigenvalue weighted by Gasteiger charge is -2.17. The highest BCUT2D eigenvalue weighted by Crippen LogP contribution is 2.25. The Bertz CT molecular complexity index is 590. The molecule has 2 unspecified atom stereocenters. The van der Waals surface area contributed by atoms with E-state index in [1.807, 2.05) is 37.3 Å². The van der Waals surface area contributed by atoms with Crippen LogP contribution in [0.4, 0.5) is 0 Å². The molecule has 0 amide bonds. The van der Waals surface area contributed by atoms with Crippen LogP contribution in [0.25, 0.3) is 10.8 Å². The van der Waals surface area contributed by atoms with Crippen LogP contribution in [0.5, 0.6) is 0 Å². The third kappa shape index (κ3) is 3.58. The number of hydrogen-bond donors (Lipinski definition) is 1. The lowest BCUT2D eigenvalue weighted by atomic mass is 10.0. The van der Waals surface area contributed by atoms with Crippen molar-refractivity contribution in [2.45, 2.75) is 38.9 Å². The molecule has 106 valence electrons. The first-order valence-corrected chi connectivity index (χ1v) is 6.96. The number of fused-ring (bicyclic) bond motifs is 1. The fourth-order valence-corrected chi connectivity index (χ4v) is 2.24. The number of carbonyl (C=O) groups excluding carboxylic acids is 1. The Balaban J connectivity index is 2.18. The molecule has 0 saturated carbocycles. The molecule has 1 N–H and O–H groups in total. The zero-order valence-corrected chi connectivity index (χ0v) is 11.9. The quantitative estimate of drug-likeness (QED) is 0.846. The van der Waals surface area contributed by atoms with Crippen molar-refractivity contribution in [3.8, 4) is 0 Å². The Morgan fingerprint density at radius 1 is 1.20 bits per heavy atom. The van der Waals surface area contributed by atoms with Gasteiger partial charge in [-0.15, -0.1) is 0 Å². The van der Waals surface area contributed by atoms with Crippen LogP contribution >= 0.6 is 0 Å². The van der Waals surface area contributed by atoms with Gasteiger partial charge in [0, 0.05) is 0 Å². The zero-order chi connectivity index (χ0) is 14.5. The highest BCUT2D eigenvalue weighted by Gasteiger charge is 2.16. The smallest absolute Gasteiger partial charge is 0.309 e. The molecule has 0 bridgehead atoms. The molecule has 2 aromatic carbocycles. The third-order valence-corrected chi connectivity index (χ3v) is 3.25. The molecule has 0 aromatic heterocycles. The number of carbonyl (C=O) groups is 1. The minimum Gasteiger partial charge on any atom is -0.457 e. The minimum absolute atomic E-state index is 0.0318. The van der Waals surface area contributed by atoms with Crippen molar-refractivity contribution < 1.29 is 14.6 Å². The lowest BCUT2D eigenvalue weighted by molar-refractivity contribution is -0.151. The average molecular weight is 272 g/mol. The number of aliphatic hydroxyl groups is 1. The molecular formula is C17H20O3. The summed E-state index contributed by atoms with van der Waals surface area (Å²) in [4.78, 5) is 11.7. The van der Waals surface area contributed by atoms with Gasteiger partial charge in [-0.2, -0.15) is 0 Å². The van der Waals surface area contributed by atoms with Crippen molar-refractivity contribution in [2.24, 2.45) is 0 Å². The normalized spacial score (nSPS) is 13.9. The summed E-state index contributed by atoms with van der Waals surface area (Å²) in [5.74, 6) is -0.361. The minimum atomic E-state index is -0.670. The maximum absolute atomic E-state index is 11.7. The summed E-state index contributed by atoms with van der Waals surface area (Å²) in [6.45, 7) is 3.56. The number of ether oxygens (including phenoxy) is 1. The van der Waals surface area contributed by atoms with Crippen LogP contribution < -0.4 is 0 Å². The molecule has 0 saturated heterocycles. The highest BCUT2D eigenvalue weighted by atomic mass is 16.5. The molecule has 0 spiro atoms. The molecule has 3 nitrogen and oxygen atoms in total. The number of aliphatic hydroxyl groups excluding tert-OH is 1. The Morgan fingerprint density at radius 2 is 1.90 bits per heavy atom.